The van der Waals surface area contributed by atoms with Gasteiger partial charge in [-0.25, -0.2) is 13.9 Å². The molecule has 0 heterocycles. The second kappa shape index (κ2) is 7.45. The normalized spacial score (nSPS) is 12.3. The zero-order chi connectivity index (χ0) is 18.6. The molecule has 7 nitrogen and oxygen atoms in total. The van der Waals surface area contributed by atoms with E-state index < -0.39 is 27.7 Å². The van der Waals surface area contributed by atoms with Gasteiger partial charge in [0, 0.05) is 17.4 Å². The van der Waals surface area contributed by atoms with Crippen LogP contribution in [-0.2, 0) is 9.84 Å². The van der Waals surface area contributed by atoms with Crippen LogP contribution in [0.3, 0.4) is 0 Å². The summed E-state index contributed by atoms with van der Waals surface area (Å²) in [6.07, 6.45) is 1.07. The Morgan fingerprint density at radius 3 is 2.20 bits per heavy atom. The molecular weight excluding hydrogens is 344 g/mol. The summed E-state index contributed by atoms with van der Waals surface area (Å²) in [6, 6.07) is 11.8. The number of carbonyl (C=O) groups excluding carboxylic acids is 2. The fourth-order valence-electron chi connectivity index (χ4n) is 2.25. The predicted octanol–water partition coefficient (Wildman–Crippen LogP) is 1.70. The summed E-state index contributed by atoms with van der Waals surface area (Å²) >= 11 is 0. The molecule has 0 saturated carbocycles. The van der Waals surface area contributed by atoms with Crippen LogP contribution in [-0.4, -0.2) is 31.7 Å². The van der Waals surface area contributed by atoms with Gasteiger partial charge < -0.3 is 5.32 Å². The average molecular weight is 362 g/mol. The monoisotopic (exact) mass is 362 g/mol. The Morgan fingerprint density at radius 2 is 1.60 bits per heavy atom. The second-order valence-corrected chi connectivity index (χ2v) is 7.58. The molecule has 0 aliphatic carbocycles. The van der Waals surface area contributed by atoms with Crippen LogP contribution in [0.15, 0.2) is 53.4 Å². The Hall–Kier alpha value is -2.71. The number of hydrogen-bond acceptors (Lipinski definition) is 5. The zero-order valence-corrected chi connectivity index (χ0v) is 14.5. The van der Waals surface area contributed by atoms with Gasteiger partial charge in [0.25, 0.3) is 11.8 Å². The highest BCUT2D eigenvalue weighted by Crippen LogP contribution is 2.16. The van der Waals surface area contributed by atoms with Gasteiger partial charge in [0.1, 0.15) is 0 Å². The average Bonchev–Trinajstić information content (AvgIpc) is 2.60. The number of carbonyl (C=O) groups is 2. The molecule has 0 spiro atoms. The van der Waals surface area contributed by atoms with Crippen LogP contribution >= 0.6 is 0 Å². The van der Waals surface area contributed by atoms with Crippen LogP contribution in [0.4, 0.5) is 0 Å². The van der Waals surface area contributed by atoms with Gasteiger partial charge in [0.15, 0.2) is 9.84 Å². The molecule has 8 heteroatoms. The fraction of sp³-hybridized carbons (Fsp3) is 0.176. The lowest BCUT2D eigenvalue weighted by atomic mass is 10.0. The maximum Gasteiger partial charge on any atom is 0.274 e. The van der Waals surface area contributed by atoms with Crippen molar-refractivity contribution in [3.63, 3.8) is 0 Å². The molecule has 0 fully saturated rings. The van der Waals surface area contributed by atoms with Crippen molar-refractivity contribution in [2.24, 2.45) is 0 Å². The number of benzene rings is 2. The Morgan fingerprint density at radius 1 is 1.00 bits per heavy atom. The topological polar surface area (TPSA) is 113 Å². The minimum Gasteiger partial charge on any atom is -0.346 e. The van der Waals surface area contributed by atoms with E-state index in [4.69, 9.17) is 5.21 Å². The Balaban J connectivity index is 2.19. The first-order chi connectivity index (χ1) is 11.7. The zero-order valence-electron chi connectivity index (χ0n) is 13.7. The van der Waals surface area contributed by atoms with E-state index in [-0.39, 0.29) is 16.0 Å². The van der Waals surface area contributed by atoms with Crippen LogP contribution in [0, 0.1) is 0 Å². The minimum atomic E-state index is -3.41. The third kappa shape index (κ3) is 4.65. The summed E-state index contributed by atoms with van der Waals surface area (Å²) in [6.45, 7) is 1.73. The van der Waals surface area contributed by atoms with Gasteiger partial charge in [-0.15, -0.1) is 0 Å². The van der Waals surface area contributed by atoms with E-state index in [1.807, 2.05) is 0 Å². The van der Waals surface area contributed by atoms with Crippen LogP contribution < -0.4 is 10.8 Å². The van der Waals surface area contributed by atoms with Gasteiger partial charge in [-0.1, -0.05) is 18.2 Å². The van der Waals surface area contributed by atoms with Gasteiger partial charge in [-0.3, -0.25) is 14.8 Å². The van der Waals surface area contributed by atoms with E-state index in [1.165, 1.54) is 30.3 Å². The molecule has 0 saturated heterocycles. The Labute approximate surface area is 145 Å². The highest BCUT2D eigenvalue weighted by atomic mass is 32.2. The van der Waals surface area contributed by atoms with E-state index >= 15 is 0 Å². The van der Waals surface area contributed by atoms with E-state index in [0.717, 1.165) is 6.26 Å². The smallest absolute Gasteiger partial charge is 0.274 e. The molecule has 2 rings (SSSR count). The number of sulfone groups is 1. The van der Waals surface area contributed by atoms with E-state index in [2.05, 4.69) is 5.32 Å². The molecule has 1 atom stereocenters. The van der Waals surface area contributed by atoms with Crippen molar-refractivity contribution in [1.29, 1.82) is 0 Å². The van der Waals surface area contributed by atoms with E-state index in [9.17, 15) is 18.0 Å². The molecule has 1 unspecified atom stereocenters. The van der Waals surface area contributed by atoms with E-state index in [0.29, 0.717) is 5.56 Å². The van der Waals surface area contributed by atoms with E-state index in [1.54, 1.807) is 30.6 Å². The van der Waals surface area contributed by atoms with Crippen LogP contribution in [0.1, 0.15) is 39.2 Å². The largest absolute Gasteiger partial charge is 0.346 e. The Kier molecular flexibility index (Phi) is 5.55. The number of nitrogens with one attached hydrogen (secondary N) is 2. The maximum absolute atomic E-state index is 12.4. The minimum absolute atomic E-state index is 0.0643. The standard InChI is InChI=1S/C17H18N2O5S/c1-11(12-5-3-6-13(9-12)17(21)19-22)18-16(20)14-7-4-8-15(10-14)25(2,23)24/h3-11,22H,1-2H3,(H,18,20)(H,19,21). The van der Waals surface area contributed by atoms with Crippen molar-refractivity contribution in [2.45, 2.75) is 17.9 Å². The quantitative estimate of drug-likeness (QED) is 0.553. The molecule has 25 heavy (non-hydrogen) atoms. The molecule has 0 aliphatic rings. The van der Waals surface area contributed by atoms with Crippen LogP contribution in [0.2, 0.25) is 0 Å². The van der Waals surface area contributed by atoms with Crippen LogP contribution in [0.5, 0.6) is 0 Å². The molecule has 0 radical (unpaired) electrons. The SMILES string of the molecule is CC(NC(=O)c1cccc(S(C)(=O)=O)c1)c1cccc(C(=O)NO)c1. The molecule has 132 valence electrons. The summed E-state index contributed by atoms with van der Waals surface area (Å²) in [4.78, 5) is 23.9. The maximum atomic E-state index is 12.4. The fourth-order valence-corrected chi connectivity index (χ4v) is 2.91. The third-order valence-corrected chi connectivity index (χ3v) is 4.73. The summed E-state index contributed by atoms with van der Waals surface area (Å²) in [7, 11) is -3.41. The summed E-state index contributed by atoms with van der Waals surface area (Å²) < 4.78 is 23.2. The van der Waals surface area contributed by atoms with Crippen LogP contribution in [0.25, 0.3) is 0 Å². The lowest BCUT2D eigenvalue weighted by Gasteiger charge is -2.15. The lowest BCUT2D eigenvalue weighted by molar-refractivity contribution is 0.0706. The lowest BCUT2D eigenvalue weighted by Crippen LogP contribution is -2.27. The van der Waals surface area contributed by atoms with Crippen molar-refractivity contribution in [1.82, 2.24) is 10.8 Å². The molecule has 0 aliphatic heterocycles. The van der Waals surface area contributed by atoms with Crippen molar-refractivity contribution in [2.75, 3.05) is 6.26 Å². The third-order valence-electron chi connectivity index (χ3n) is 3.62. The van der Waals surface area contributed by atoms with Gasteiger partial charge in [0.05, 0.1) is 10.9 Å². The number of amides is 2. The number of rotatable bonds is 5. The molecule has 0 aromatic heterocycles. The highest BCUT2D eigenvalue weighted by Gasteiger charge is 2.15. The molecule has 3 N–H and O–H groups in total. The molecule has 2 amide bonds. The summed E-state index contributed by atoms with van der Waals surface area (Å²) in [5, 5.41) is 11.4. The Bertz CT molecular complexity index is 909. The molecule has 2 aromatic carbocycles. The van der Waals surface area contributed by atoms with Crippen molar-refractivity contribution < 1.29 is 23.2 Å². The first-order valence-electron chi connectivity index (χ1n) is 7.37. The molecule has 2 aromatic rings. The first kappa shape index (κ1) is 18.6. The summed E-state index contributed by atoms with van der Waals surface area (Å²) in [5.41, 5.74) is 2.68. The number of hydroxylamine groups is 1. The summed E-state index contributed by atoms with van der Waals surface area (Å²) in [5.74, 6) is -1.09. The molecular formula is C17H18N2O5S. The number of hydrogen-bond donors (Lipinski definition) is 3. The van der Waals surface area contributed by atoms with Crippen molar-refractivity contribution >= 4 is 21.7 Å². The van der Waals surface area contributed by atoms with Gasteiger partial charge >= 0.3 is 0 Å². The van der Waals surface area contributed by atoms with Crippen molar-refractivity contribution in [3.05, 3.63) is 65.2 Å². The van der Waals surface area contributed by atoms with Gasteiger partial charge in [-0.2, -0.15) is 0 Å². The molecule has 0 bridgehead atoms. The first-order valence-corrected chi connectivity index (χ1v) is 9.27. The van der Waals surface area contributed by atoms with Gasteiger partial charge in [-0.05, 0) is 42.8 Å². The van der Waals surface area contributed by atoms with Gasteiger partial charge in [0.2, 0.25) is 0 Å². The predicted molar refractivity (Wildman–Crippen MR) is 91.1 cm³/mol. The second-order valence-electron chi connectivity index (χ2n) is 5.56. The highest BCUT2D eigenvalue weighted by molar-refractivity contribution is 7.90. The van der Waals surface area contributed by atoms with Crippen molar-refractivity contribution in [3.8, 4) is 0 Å².